The van der Waals surface area contributed by atoms with Crippen molar-refractivity contribution >= 4 is 46.9 Å². The minimum absolute atomic E-state index is 0.0145. The second-order valence-electron chi connectivity index (χ2n) is 15.2. The van der Waals surface area contributed by atoms with Crippen LogP contribution in [0.4, 0.5) is 16.2 Å². The van der Waals surface area contributed by atoms with Crippen molar-refractivity contribution in [2.75, 3.05) is 37.4 Å². The molecule has 3 heterocycles. The number of imide groups is 1. The SMILES string of the molecule is CN/N=C(\Nc1ccc(Oc2ccc(C(=O)N3CCC(COC(=O)Nc4cccc5c4CN(C4CCC(=O)NC4=O)C5=O)CC3)cc2)cc1)c1cc(C(C)C)c(O)cc1O. The predicted molar refractivity (Wildman–Crippen MR) is 222 cm³/mol. The summed E-state index contributed by atoms with van der Waals surface area (Å²) >= 11 is 0. The van der Waals surface area contributed by atoms with E-state index < -0.39 is 18.0 Å². The van der Waals surface area contributed by atoms with E-state index in [1.54, 1.807) is 84.7 Å². The number of hydrazone groups is 1. The number of fused-ring (bicyclic) bond motifs is 1. The Morgan fingerprint density at radius 3 is 2.27 bits per heavy atom. The van der Waals surface area contributed by atoms with Crippen molar-refractivity contribution in [3.05, 3.63) is 107 Å². The highest BCUT2D eigenvalue weighted by Gasteiger charge is 2.40. The van der Waals surface area contributed by atoms with Crippen LogP contribution in [-0.2, 0) is 20.9 Å². The first-order chi connectivity index (χ1) is 28.9. The molecule has 3 aliphatic heterocycles. The van der Waals surface area contributed by atoms with E-state index in [-0.39, 0.29) is 67.0 Å². The molecule has 312 valence electrons. The van der Waals surface area contributed by atoms with Crippen LogP contribution in [0.15, 0.2) is 84.0 Å². The number of amides is 5. The van der Waals surface area contributed by atoms with Gasteiger partial charge in [-0.25, -0.2) is 4.79 Å². The summed E-state index contributed by atoms with van der Waals surface area (Å²) in [5.41, 5.74) is 6.45. The molecule has 7 rings (SSSR count). The number of likely N-dealkylation sites (tertiary alicyclic amines) is 1. The van der Waals surface area contributed by atoms with E-state index in [1.807, 2.05) is 13.8 Å². The number of benzene rings is 4. The number of nitrogens with one attached hydrogen (secondary N) is 4. The third kappa shape index (κ3) is 9.12. The molecule has 16 nitrogen and oxygen atoms in total. The van der Waals surface area contributed by atoms with Crippen molar-refractivity contribution in [2.24, 2.45) is 11.0 Å². The lowest BCUT2D eigenvalue weighted by molar-refractivity contribution is -0.136. The second-order valence-corrected chi connectivity index (χ2v) is 15.2. The molecule has 5 amide bonds. The fourth-order valence-electron chi connectivity index (χ4n) is 7.59. The maximum atomic E-state index is 13.4. The van der Waals surface area contributed by atoms with Gasteiger partial charge in [-0.05, 0) is 103 Å². The Kier molecular flexibility index (Phi) is 12.2. The zero-order valence-electron chi connectivity index (χ0n) is 33.5. The fourth-order valence-corrected chi connectivity index (χ4v) is 7.59. The molecular weight excluding hydrogens is 771 g/mol. The zero-order chi connectivity index (χ0) is 42.5. The summed E-state index contributed by atoms with van der Waals surface area (Å²) in [4.78, 5) is 66.6. The number of anilines is 2. The van der Waals surface area contributed by atoms with Crippen LogP contribution in [0.2, 0.25) is 0 Å². The highest BCUT2D eigenvalue weighted by Crippen LogP contribution is 2.34. The van der Waals surface area contributed by atoms with E-state index >= 15 is 0 Å². The van der Waals surface area contributed by atoms with Crippen LogP contribution >= 0.6 is 0 Å². The van der Waals surface area contributed by atoms with Crippen molar-refractivity contribution in [3.8, 4) is 23.0 Å². The van der Waals surface area contributed by atoms with Gasteiger partial charge in [0.2, 0.25) is 11.8 Å². The standard InChI is InChI=1S/C44H47N7O9/c1-25(2)32-21-33(38(53)22-37(32)52)40(49-45-3)46-28-9-13-30(14-10-28)60-29-11-7-27(8-12-29)42(56)50-19-17-26(18-20-50)24-59-44(58)47-35-6-4-5-31-34(35)23-51(43(31)57)36-15-16-39(54)48-41(36)55/h4-14,21-22,25-26,36,45,52-53H,15-20,23-24H2,1-3H3,(H,46,49)(H,47,58)(H,48,54,55). The van der Waals surface area contributed by atoms with Gasteiger partial charge < -0.3 is 40.2 Å². The van der Waals surface area contributed by atoms with Crippen LogP contribution in [-0.4, -0.2) is 88.4 Å². The maximum Gasteiger partial charge on any atom is 0.411 e. The largest absolute Gasteiger partial charge is 0.508 e. The van der Waals surface area contributed by atoms with Crippen LogP contribution in [0.5, 0.6) is 23.0 Å². The van der Waals surface area contributed by atoms with Gasteiger partial charge in [0.15, 0.2) is 5.84 Å². The molecule has 2 saturated heterocycles. The molecule has 60 heavy (non-hydrogen) atoms. The Hall–Kier alpha value is -7.10. The van der Waals surface area contributed by atoms with Crippen LogP contribution < -0.4 is 26.1 Å². The number of amidine groups is 1. The van der Waals surface area contributed by atoms with E-state index in [0.29, 0.717) is 82.5 Å². The van der Waals surface area contributed by atoms with Gasteiger partial charge in [0.1, 0.15) is 29.0 Å². The number of hydrogen-bond acceptors (Lipinski definition) is 11. The number of ether oxygens (including phenoxy) is 2. The first-order valence-electron chi connectivity index (χ1n) is 19.8. The van der Waals surface area contributed by atoms with E-state index in [0.717, 1.165) is 0 Å². The Labute approximate surface area is 346 Å². The molecule has 0 aliphatic carbocycles. The van der Waals surface area contributed by atoms with Crippen molar-refractivity contribution in [1.29, 1.82) is 0 Å². The average molecular weight is 818 g/mol. The second kappa shape index (κ2) is 17.8. The van der Waals surface area contributed by atoms with E-state index in [1.165, 1.54) is 11.0 Å². The minimum Gasteiger partial charge on any atom is -0.508 e. The number of piperidine rings is 2. The van der Waals surface area contributed by atoms with Gasteiger partial charge in [-0.1, -0.05) is 19.9 Å². The van der Waals surface area contributed by atoms with E-state index in [9.17, 15) is 34.2 Å². The first kappa shape index (κ1) is 41.1. The van der Waals surface area contributed by atoms with Crippen molar-refractivity contribution in [2.45, 2.75) is 58.0 Å². The third-order valence-corrected chi connectivity index (χ3v) is 10.9. The van der Waals surface area contributed by atoms with Crippen molar-refractivity contribution in [3.63, 3.8) is 0 Å². The summed E-state index contributed by atoms with van der Waals surface area (Å²) in [5.74, 6) is 0.162. The highest BCUT2D eigenvalue weighted by molar-refractivity contribution is 6.10. The number of phenolic OH excluding ortho intramolecular Hbond substituents is 2. The Balaban J connectivity index is 0.864. The predicted octanol–water partition coefficient (Wildman–Crippen LogP) is 5.87. The van der Waals surface area contributed by atoms with Gasteiger partial charge in [-0.2, -0.15) is 5.10 Å². The summed E-state index contributed by atoms with van der Waals surface area (Å²) in [7, 11) is 1.65. The highest BCUT2D eigenvalue weighted by atomic mass is 16.5. The molecule has 0 radical (unpaired) electrons. The molecule has 0 saturated carbocycles. The molecule has 6 N–H and O–H groups in total. The fraction of sp³-hybridized carbons (Fsp3) is 0.318. The van der Waals surface area contributed by atoms with Gasteiger partial charge in [0.05, 0.1) is 12.2 Å². The first-order valence-corrected chi connectivity index (χ1v) is 19.8. The summed E-state index contributed by atoms with van der Waals surface area (Å²) in [6, 6.07) is 21.3. The number of aromatic hydroxyl groups is 2. The van der Waals surface area contributed by atoms with Crippen LogP contribution in [0.1, 0.15) is 82.9 Å². The Morgan fingerprint density at radius 2 is 1.60 bits per heavy atom. The molecule has 4 aromatic rings. The Morgan fingerprint density at radius 1 is 0.900 bits per heavy atom. The number of rotatable bonds is 11. The minimum atomic E-state index is -0.761. The summed E-state index contributed by atoms with van der Waals surface area (Å²) in [6.07, 6.45) is 1.03. The third-order valence-electron chi connectivity index (χ3n) is 10.9. The average Bonchev–Trinajstić information content (AvgIpc) is 3.57. The molecular formula is C44H47N7O9. The number of nitrogens with zero attached hydrogens (tertiary/aromatic N) is 3. The molecule has 1 atom stereocenters. The quantitative estimate of drug-likeness (QED) is 0.0456. The number of carbonyl (C=O) groups excluding carboxylic acids is 5. The molecule has 3 aliphatic rings. The monoisotopic (exact) mass is 817 g/mol. The zero-order valence-corrected chi connectivity index (χ0v) is 33.5. The molecule has 1 unspecified atom stereocenters. The normalized spacial score (nSPS) is 17.0. The lowest BCUT2D eigenvalue weighted by Crippen LogP contribution is -2.52. The molecule has 2 fully saturated rings. The van der Waals surface area contributed by atoms with Gasteiger partial charge in [0.25, 0.3) is 11.8 Å². The van der Waals surface area contributed by atoms with Crippen LogP contribution in [0.3, 0.4) is 0 Å². The molecule has 0 bridgehead atoms. The lowest BCUT2D eigenvalue weighted by atomic mass is 9.97. The lowest BCUT2D eigenvalue weighted by Gasteiger charge is -2.31. The maximum absolute atomic E-state index is 13.4. The van der Waals surface area contributed by atoms with Gasteiger partial charge in [-0.15, -0.1) is 0 Å². The van der Waals surface area contributed by atoms with E-state index in [2.05, 4.69) is 26.5 Å². The Bertz CT molecular complexity index is 2320. The summed E-state index contributed by atoms with van der Waals surface area (Å²) in [6.45, 7) is 5.19. The van der Waals surface area contributed by atoms with E-state index in [4.69, 9.17) is 9.47 Å². The number of phenols is 2. The number of carbonyl (C=O) groups is 5. The molecule has 0 aromatic heterocycles. The summed E-state index contributed by atoms with van der Waals surface area (Å²) < 4.78 is 11.6. The smallest absolute Gasteiger partial charge is 0.411 e. The molecule has 0 spiro atoms. The van der Waals surface area contributed by atoms with Gasteiger partial charge in [0, 0.05) is 67.2 Å². The molecule has 4 aromatic carbocycles. The topological polar surface area (TPSA) is 211 Å². The van der Waals surface area contributed by atoms with Gasteiger partial charge >= 0.3 is 6.09 Å². The van der Waals surface area contributed by atoms with Gasteiger partial charge in [-0.3, -0.25) is 29.8 Å². The van der Waals surface area contributed by atoms with Crippen LogP contribution in [0, 0.1) is 5.92 Å². The van der Waals surface area contributed by atoms with Crippen molar-refractivity contribution in [1.82, 2.24) is 20.5 Å². The molecule has 16 heteroatoms. The summed E-state index contributed by atoms with van der Waals surface area (Å²) in [5, 5.41) is 33.4. The van der Waals surface area contributed by atoms with Crippen LogP contribution in [0.25, 0.3) is 0 Å². The van der Waals surface area contributed by atoms with Crippen molar-refractivity contribution < 1.29 is 43.7 Å². The number of hydrogen-bond donors (Lipinski definition) is 6.